The highest BCUT2D eigenvalue weighted by molar-refractivity contribution is 5.87. The summed E-state index contributed by atoms with van der Waals surface area (Å²) in [5.41, 5.74) is 14.6. The van der Waals surface area contributed by atoms with Gasteiger partial charge >= 0.3 is 18.3 Å². The molecule has 2 aromatic carbocycles. The van der Waals surface area contributed by atoms with Crippen LogP contribution in [-0.2, 0) is 16.0 Å². The maximum Gasteiger partial charge on any atom is 0.400 e. The molecule has 5 nitrogen and oxygen atoms in total. The van der Waals surface area contributed by atoms with E-state index in [2.05, 4.69) is 0 Å². The topological polar surface area (TPSA) is 87.6 Å². The SMILES string of the molecule is Nc1ccc(CCCCCOC(=O)/C=C/c2ccc(OC(F)(F)C3CCC(CCC(F)(F)F)CC3)cc2)c(N)c1. The average Bonchev–Trinajstić information content (AvgIpc) is 2.90. The summed E-state index contributed by atoms with van der Waals surface area (Å²) in [6, 6.07) is 11.3. The molecule has 0 unspecified atom stereocenters. The van der Waals surface area contributed by atoms with Gasteiger partial charge in [0, 0.05) is 23.9 Å². The molecule has 3 rings (SSSR count). The molecule has 1 aliphatic carbocycles. The zero-order chi connectivity index (χ0) is 29.2. The predicted octanol–water partition coefficient (Wildman–Crippen LogP) is 7.94. The molecule has 0 bridgehead atoms. The van der Waals surface area contributed by atoms with Crippen molar-refractivity contribution in [2.45, 2.75) is 76.5 Å². The largest absolute Gasteiger partial charge is 0.463 e. The Kier molecular flexibility index (Phi) is 11.2. The number of alkyl halides is 5. The number of ether oxygens (including phenoxy) is 2. The number of aryl methyl sites for hydroxylation is 1. The Morgan fingerprint density at radius 1 is 0.925 bits per heavy atom. The second-order valence-corrected chi connectivity index (χ2v) is 10.4. The van der Waals surface area contributed by atoms with Crippen LogP contribution in [0.5, 0.6) is 5.75 Å². The number of benzene rings is 2. The van der Waals surface area contributed by atoms with Gasteiger partial charge in [-0.3, -0.25) is 0 Å². The second kappa shape index (κ2) is 14.4. The highest BCUT2D eigenvalue weighted by Crippen LogP contribution is 2.42. The number of nitrogens with two attached hydrogens (primary N) is 2. The predicted molar refractivity (Wildman–Crippen MR) is 146 cm³/mol. The van der Waals surface area contributed by atoms with Gasteiger partial charge in [-0.15, -0.1) is 0 Å². The summed E-state index contributed by atoms with van der Waals surface area (Å²) in [5, 5.41) is 0. The molecule has 0 spiro atoms. The molecule has 0 aromatic heterocycles. The molecule has 220 valence electrons. The fourth-order valence-electron chi connectivity index (χ4n) is 4.86. The van der Waals surface area contributed by atoms with Crippen LogP contribution in [0.2, 0.25) is 0 Å². The van der Waals surface area contributed by atoms with Crippen molar-refractivity contribution >= 4 is 23.4 Å². The third-order valence-electron chi connectivity index (χ3n) is 7.21. The summed E-state index contributed by atoms with van der Waals surface area (Å²) < 4.78 is 76.8. The lowest BCUT2D eigenvalue weighted by molar-refractivity contribution is -0.224. The van der Waals surface area contributed by atoms with Crippen LogP contribution in [0.4, 0.5) is 33.3 Å². The molecule has 1 aliphatic rings. The van der Waals surface area contributed by atoms with E-state index in [9.17, 15) is 26.7 Å². The number of unbranched alkanes of at least 4 members (excludes halogenated alkanes) is 2. The van der Waals surface area contributed by atoms with E-state index in [4.69, 9.17) is 20.9 Å². The first-order valence-corrected chi connectivity index (χ1v) is 13.6. The zero-order valence-corrected chi connectivity index (χ0v) is 22.4. The summed E-state index contributed by atoms with van der Waals surface area (Å²) in [5.74, 6) is -1.75. The standard InChI is InChI=1S/C30H37F5N2O3/c31-29(32,33)18-17-22-5-11-24(12-6-22)30(34,35)40-26-14-7-21(8-15-26)9-16-28(38)39-19-3-1-2-4-23-10-13-25(36)20-27(23)37/h7-10,13-16,20,22,24H,1-6,11-12,17-19,36-37H2/b16-9+. The van der Waals surface area contributed by atoms with Gasteiger partial charge in [0.15, 0.2) is 0 Å². The van der Waals surface area contributed by atoms with Crippen LogP contribution >= 0.6 is 0 Å². The Hall–Kier alpha value is -3.30. The maximum atomic E-state index is 14.7. The van der Waals surface area contributed by atoms with Crippen molar-refractivity contribution < 1.29 is 36.2 Å². The Labute approximate surface area is 231 Å². The van der Waals surface area contributed by atoms with E-state index in [0.29, 0.717) is 36.2 Å². The third-order valence-corrected chi connectivity index (χ3v) is 7.21. The Morgan fingerprint density at radius 3 is 2.27 bits per heavy atom. The molecular weight excluding hydrogens is 531 g/mol. The van der Waals surface area contributed by atoms with Crippen LogP contribution in [0.15, 0.2) is 48.5 Å². The van der Waals surface area contributed by atoms with Crippen molar-refractivity contribution in [2.75, 3.05) is 18.1 Å². The van der Waals surface area contributed by atoms with Crippen molar-refractivity contribution in [2.24, 2.45) is 11.8 Å². The number of hydrogen-bond donors (Lipinski definition) is 2. The molecule has 0 aliphatic heterocycles. The fourth-order valence-corrected chi connectivity index (χ4v) is 4.86. The third kappa shape index (κ3) is 10.7. The van der Waals surface area contributed by atoms with Crippen LogP contribution in [0.1, 0.15) is 68.9 Å². The number of carbonyl (C=O) groups is 1. The summed E-state index contributed by atoms with van der Waals surface area (Å²) in [7, 11) is 0. The lowest BCUT2D eigenvalue weighted by atomic mass is 9.79. The van der Waals surface area contributed by atoms with E-state index >= 15 is 0 Å². The number of nitrogen functional groups attached to an aromatic ring is 2. The first-order chi connectivity index (χ1) is 18.9. The summed E-state index contributed by atoms with van der Waals surface area (Å²) in [6.07, 6.45) is -1.54. The molecule has 0 saturated heterocycles. The van der Waals surface area contributed by atoms with Gasteiger partial charge in [0.05, 0.1) is 12.5 Å². The van der Waals surface area contributed by atoms with E-state index < -0.39 is 30.6 Å². The van der Waals surface area contributed by atoms with Crippen molar-refractivity contribution in [1.82, 2.24) is 0 Å². The number of halogens is 5. The first kappa shape index (κ1) is 31.2. The lowest BCUT2D eigenvalue weighted by Gasteiger charge is -2.33. The number of anilines is 2. The second-order valence-electron chi connectivity index (χ2n) is 10.4. The van der Waals surface area contributed by atoms with Gasteiger partial charge in [0.1, 0.15) is 5.75 Å². The highest BCUT2D eigenvalue weighted by Gasteiger charge is 2.44. The minimum absolute atomic E-state index is 0.0214. The molecule has 1 fully saturated rings. The molecule has 0 amide bonds. The smallest absolute Gasteiger partial charge is 0.400 e. The van der Waals surface area contributed by atoms with Crippen molar-refractivity contribution in [3.8, 4) is 5.75 Å². The van der Waals surface area contributed by atoms with Crippen molar-refractivity contribution in [1.29, 1.82) is 0 Å². The Balaban J connectivity index is 1.34. The van der Waals surface area contributed by atoms with Crippen LogP contribution in [0.3, 0.4) is 0 Å². The average molecular weight is 569 g/mol. The molecule has 10 heteroatoms. The maximum absolute atomic E-state index is 14.7. The van der Waals surface area contributed by atoms with Crippen LogP contribution in [0, 0.1) is 11.8 Å². The molecule has 0 radical (unpaired) electrons. The van der Waals surface area contributed by atoms with E-state index in [0.717, 1.165) is 24.8 Å². The molecule has 0 atom stereocenters. The van der Waals surface area contributed by atoms with Gasteiger partial charge < -0.3 is 20.9 Å². The number of hydrogen-bond acceptors (Lipinski definition) is 5. The molecule has 2 aromatic rings. The quantitative estimate of drug-likeness (QED) is 0.0842. The normalized spacial score (nSPS) is 18.1. The summed E-state index contributed by atoms with van der Waals surface area (Å²) in [6.45, 7) is 0.284. The number of rotatable bonds is 13. The lowest BCUT2D eigenvalue weighted by Crippen LogP contribution is -2.37. The van der Waals surface area contributed by atoms with E-state index in [-0.39, 0.29) is 37.5 Å². The molecule has 1 saturated carbocycles. The van der Waals surface area contributed by atoms with E-state index in [1.54, 1.807) is 18.2 Å². The van der Waals surface area contributed by atoms with Crippen molar-refractivity contribution in [3.05, 3.63) is 59.7 Å². The van der Waals surface area contributed by atoms with Gasteiger partial charge in [-0.1, -0.05) is 18.2 Å². The van der Waals surface area contributed by atoms with E-state index in [1.807, 2.05) is 12.1 Å². The number of esters is 1. The van der Waals surface area contributed by atoms with Gasteiger partial charge in [0.25, 0.3) is 0 Å². The summed E-state index contributed by atoms with van der Waals surface area (Å²) in [4.78, 5) is 12.0. The fraction of sp³-hybridized carbons (Fsp3) is 0.500. The molecule has 40 heavy (non-hydrogen) atoms. The zero-order valence-electron chi connectivity index (χ0n) is 22.4. The first-order valence-electron chi connectivity index (χ1n) is 13.6. The molecular formula is C30H37F5N2O3. The van der Waals surface area contributed by atoms with Crippen molar-refractivity contribution in [3.63, 3.8) is 0 Å². The van der Waals surface area contributed by atoms with Gasteiger partial charge in [-0.05, 0) is 105 Å². The van der Waals surface area contributed by atoms with Crippen LogP contribution in [-0.4, -0.2) is 24.9 Å². The molecule has 4 N–H and O–H groups in total. The van der Waals surface area contributed by atoms with E-state index in [1.165, 1.54) is 24.3 Å². The van der Waals surface area contributed by atoms with Crippen LogP contribution in [0.25, 0.3) is 6.08 Å². The minimum Gasteiger partial charge on any atom is -0.463 e. The van der Waals surface area contributed by atoms with Gasteiger partial charge in [-0.25, -0.2) is 4.79 Å². The minimum atomic E-state index is -4.22. The highest BCUT2D eigenvalue weighted by atomic mass is 19.4. The Morgan fingerprint density at radius 2 is 1.62 bits per heavy atom. The monoisotopic (exact) mass is 568 g/mol. The van der Waals surface area contributed by atoms with Gasteiger partial charge in [0.2, 0.25) is 0 Å². The van der Waals surface area contributed by atoms with Gasteiger partial charge in [-0.2, -0.15) is 22.0 Å². The molecule has 0 heterocycles. The number of carbonyl (C=O) groups excluding carboxylic acids is 1. The van der Waals surface area contributed by atoms with Crippen LogP contribution < -0.4 is 16.2 Å². The Bertz CT molecular complexity index is 1110. The summed E-state index contributed by atoms with van der Waals surface area (Å²) >= 11 is 0.